The Morgan fingerprint density at radius 3 is 1.90 bits per heavy atom. The summed E-state index contributed by atoms with van der Waals surface area (Å²) < 4.78 is 12.3. The maximum absolute atomic E-state index is 6.21. The molecule has 0 aliphatic rings. The van der Waals surface area contributed by atoms with Crippen LogP contribution in [0.5, 0.6) is 0 Å². The summed E-state index contributed by atoms with van der Waals surface area (Å²) in [5.41, 5.74) is 1.26. The lowest BCUT2D eigenvalue weighted by Gasteiger charge is -2.37. The van der Waals surface area contributed by atoms with Crippen LogP contribution in [0.25, 0.3) is 0 Å². The minimum atomic E-state index is -0.159. The summed E-state index contributed by atoms with van der Waals surface area (Å²) in [7, 11) is 0. The molecular formula is C26H53NO2. The fourth-order valence-corrected chi connectivity index (χ4v) is 3.47. The van der Waals surface area contributed by atoms with E-state index in [1.54, 1.807) is 0 Å². The molecule has 0 aliphatic carbocycles. The van der Waals surface area contributed by atoms with Crippen molar-refractivity contribution < 1.29 is 9.47 Å². The van der Waals surface area contributed by atoms with E-state index in [1.807, 2.05) is 0 Å². The molecule has 0 aromatic rings. The predicted molar refractivity (Wildman–Crippen MR) is 128 cm³/mol. The van der Waals surface area contributed by atoms with Gasteiger partial charge in [-0.3, -0.25) is 0 Å². The Labute approximate surface area is 183 Å². The summed E-state index contributed by atoms with van der Waals surface area (Å²) in [6.45, 7) is 31.4. The van der Waals surface area contributed by atoms with E-state index in [0.717, 1.165) is 51.1 Å². The first-order chi connectivity index (χ1) is 13.0. The Morgan fingerprint density at radius 1 is 0.862 bits per heavy atom. The van der Waals surface area contributed by atoms with Gasteiger partial charge in [0.1, 0.15) is 0 Å². The molecule has 29 heavy (non-hydrogen) atoms. The number of hydrogen-bond acceptors (Lipinski definition) is 3. The van der Waals surface area contributed by atoms with Crippen molar-refractivity contribution in [2.45, 2.75) is 119 Å². The lowest BCUT2D eigenvalue weighted by Crippen LogP contribution is -2.35. The molecule has 0 aromatic carbocycles. The quantitative estimate of drug-likeness (QED) is 0.288. The zero-order chi connectivity index (χ0) is 22.9. The smallest absolute Gasteiger partial charge is 0.0648 e. The van der Waals surface area contributed by atoms with Gasteiger partial charge in [-0.1, -0.05) is 61.5 Å². The van der Waals surface area contributed by atoms with Gasteiger partial charge in [0.2, 0.25) is 0 Å². The fraction of sp³-hybridized carbons (Fsp3) is 0.923. The molecule has 0 bridgehead atoms. The maximum Gasteiger partial charge on any atom is 0.0648 e. The number of allylic oxidation sites excluding steroid dienone is 1. The van der Waals surface area contributed by atoms with E-state index in [0.29, 0.717) is 11.3 Å². The molecular weight excluding hydrogens is 358 g/mol. The first-order valence-electron chi connectivity index (χ1n) is 11.7. The Morgan fingerprint density at radius 2 is 1.38 bits per heavy atom. The summed E-state index contributed by atoms with van der Waals surface area (Å²) in [5.74, 6) is 0.682. The summed E-state index contributed by atoms with van der Waals surface area (Å²) in [6.07, 6.45) is 5.29. The average molecular weight is 412 g/mol. The second kappa shape index (κ2) is 11.7. The SMILES string of the molecule is C=C(NCCC(C)(C)OCCC(C)(C)OCCC(C)C)C(C)(C)CC(C)(C)CC. The second-order valence-electron chi connectivity index (χ2n) is 11.9. The fourth-order valence-electron chi connectivity index (χ4n) is 3.47. The topological polar surface area (TPSA) is 30.5 Å². The Hall–Kier alpha value is -0.540. The van der Waals surface area contributed by atoms with Crippen LogP contribution in [0.2, 0.25) is 0 Å². The zero-order valence-corrected chi connectivity index (χ0v) is 21.8. The molecule has 0 radical (unpaired) electrons. The van der Waals surface area contributed by atoms with Crippen molar-refractivity contribution in [3.05, 3.63) is 12.3 Å². The molecule has 0 aromatic heterocycles. The van der Waals surface area contributed by atoms with Crippen LogP contribution in [0.15, 0.2) is 12.3 Å². The van der Waals surface area contributed by atoms with Gasteiger partial charge in [-0.05, 0) is 64.7 Å². The molecule has 0 amide bonds. The van der Waals surface area contributed by atoms with E-state index in [4.69, 9.17) is 9.47 Å². The van der Waals surface area contributed by atoms with Gasteiger partial charge in [0.15, 0.2) is 0 Å². The minimum Gasteiger partial charge on any atom is -0.388 e. The maximum atomic E-state index is 6.21. The molecule has 0 saturated heterocycles. The van der Waals surface area contributed by atoms with E-state index >= 15 is 0 Å². The van der Waals surface area contributed by atoms with E-state index < -0.39 is 0 Å². The third-order valence-corrected chi connectivity index (χ3v) is 6.14. The molecule has 0 aliphatic heterocycles. The van der Waals surface area contributed by atoms with Gasteiger partial charge in [-0.2, -0.15) is 0 Å². The molecule has 0 rings (SSSR count). The van der Waals surface area contributed by atoms with Crippen molar-refractivity contribution in [1.29, 1.82) is 0 Å². The molecule has 174 valence electrons. The first-order valence-corrected chi connectivity index (χ1v) is 11.7. The van der Waals surface area contributed by atoms with Gasteiger partial charge in [0.25, 0.3) is 0 Å². The lowest BCUT2D eigenvalue weighted by molar-refractivity contribution is -0.0755. The van der Waals surface area contributed by atoms with E-state index in [-0.39, 0.29) is 16.6 Å². The zero-order valence-electron chi connectivity index (χ0n) is 21.8. The van der Waals surface area contributed by atoms with Crippen LogP contribution < -0.4 is 5.32 Å². The van der Waals surface area contributed by atoms with Crippen LogP contribution in [0.3, 0.4) is 0 Å². The van der Waals surface area contributed by atoms with E-state index in [9.17, 15) is 0 Å². The Bertz CT molecular complexity index is 475. The van der Waals surface area contributed by atoms with Gasteiger partial charge in [-0.25, -0.2) is 0 Å². The molecule has 0 spiro atoms. The summed E-state index contributed by atoms with van der Waals surface area (Å²) in [4.78, 5) is 0. The molecule has 1 N–H and O–H groups in total. The highest BCUT2D eigenvalue weighted by atomic mass is 16.5. The standard InChI is InChI=1S/C26H53NO2/c1-13-23(5,6)20-24(7,8)22(4)27-17-15-25(9,10)29-19-16-26(11,12)28-18-14-21(2)3/h21,27H,4,13-20H2,1-3,5-12H3. The summed E-state index contributed by atoms with van der Waals surface area (Å²) in [6, 6.07) is 0. The van der Waals surface area contributed by atoms with Crippen LogP contribution in [0.1, 0.15) is 108 Å². The van der Waals surface area contributed by atoms with Gasteiger partial charge in [0, 0.05) is 24.3 Å². The highest BCUT2D eigenvalue weighted by molar-refractivity contribution is 5.06. The second-order valence-corrected chi connectivity index (χ2v) is 11.9. The largest absolute Gasteiger partial charge is 0.388 e. The molecule has 3 heteroatoms. The van der Waals surface area contributed by atoms with Crippen molar-refractivity contribution in [3.63, 3.8) is 0 Å². The number of rotatable bonds is 16. The van der Waals surface area contributed by atoms with Crippen molar-refractivity contribution in [2.75, 3.05) is 19.8 Å². The van der Waals surface area contributed by atoms with Gasteiger partial charge < -0.3 is 14.8 Å². The number of hydrogen-bond donors (Lipinski definition) is 1. The van der Waals surface area contributed by atoms with Crippen molar-refractivity contribution in [2.24, 2.45) is 16.7 Å². The van der Waals surface area contributed by atoms with Gasteiger partial charge in [-0.15, -0.1) is 0 Å². The van der Waals surface area contributed by atoms with Crippen LogP contribution in [-0.4, -0.2) is 31.0 Å². The molecule has 0 unspecified atom stereocenters. The van der Waals surface area contributed by atoms with E-state index in [1.165, 1.54) is 6.42 Å². The lowest BCUT2D eigenvalue weighted by atomic mass is 9.72. The predicted octanol–water partition coefficient (Wildman–Crippen LogP) is 7.36. The number of nitrogens with one attached hydrogen (secondary N) is 1. The Balaban J connectivity index is 4.30. The first kappa shape index (κ1) is 28.5. The molecule has 0 heterocycles. The van der Waals surface area contributed by atoms with Crippen LogP contribution >= 0.6 is 0 Å². The molecule has 0 saturated carbocycles. The minimum absolute atomic E-state index is 0.0852. The van der Waals surface area contributed by atoms with Crippen LogP contribution in [-0.2, 0) is 9.47 Å². The van der Waals surface area contributed by atoms with Crippen molar-refractivity contribution in [1.82, 2.24) is 5.32 Å². The van der Waals surface area contributed by atoms with E-state index in [2.05, 4.69) is 88.1 Å². The van der Waals surface area contributed by atoms with Gasteiger partial charge in [0.05, 0.1) is 17.8 Å². The molecule has 3 nitrogen and oxygen atoms in total. The average Bonchev–Trinajstić information content (AvgIpc) is 2.52. The van der Waals surface area contributed by atoms with Gasteiger partial charge >= 0.3 is 0 Å². The van der Waals surface area contributed by atoms with Crippen LogP contribution in [0.4, 0.5) is 0 Å². The highest BCUT2D eigenvalue weighted by Crippen LogP contribution is 2.39. The van der Waals surface area contributed by atoms with Crippen LogP contribution in [0, 0.1) is 16.7 Å². The van der Waals surface area contributed by atoms with Crippen molar-refractivity contribution in [3.8, 4) is 0 Å². The Kier molecular flexibility index (Phi) is 11.5. The molecule has 0 atom stereocenters. The third-order valence-electron chi connectivity index (χ3n) is 6.14. The van der Waals surface area contributed by atoms with Crippen molar-refractivity contribution >= 4 is 0 Å². The third kappa shape index (κ3) is 13.4. The number of ether oxygens (including phenoxy) is 2. The summed E-state index contributed by atoms with van der Waals surface area (Å²) in [5, 5.41) is 3.57. The molecule has 0 fully saturated rings. The monoisotopic (exact) mass is 411 g/mol. The highest BCUT2D eigenvalue weighted by Gasteiger charge is 2.30. The normalized spacial score (nSPS) is 13.8. The summed E-state index contributed by atoms with van der Waals surface area (Å²) >= 11 is 0.